The quantitative estimate of drug-likeness (QED) is 0.853. The molecule has 0 aromatic carbocycles. The molecule has 1 aromatic rings. The molecule has 1 heterocycles. The van der Waals surface area contributed by atoms with E-state index < -0.39 is 0 Å². The highest BCUT2D eigenvalue weighted by Gasteiger charge is 2.18. The minimum Gasteiger partial charge on any atom is -0.306 e. The summed E-state index contributed by atoms with van der Waals surface area (Å²) >= 11 is 0. The molecule has 0 radical (unpaired) electrons. The molecule has 0 atom stereocenters. The molecule has 16 heavy (non-hydrogen) atoms. The summed E-state index contributed by atoms with van der Waals surface area (Å²) in [6.07, 6.45) is 7.28. The standard InChI is InChI=1S/C12H22N4/c1-12(2,3)13-8-10-9-16(15-14-10)11-6-4-5-7-11/h9,11,13H,4-8H2,1-3H3. The molecule has 0 bridgehead atoms. The van der Waals surface area contributed by atoms with Gasteiger partial charge in [0.15, 0.2) is 0 Å². The van der Waals surface area contributed by atoms with Crippen molar-refractivity contribution in [2.45, 2.75) is 64.6 Å². The number of hydrogen-bond donors (Lipinski definition) is 1. The maximum absolute atomic E-state index is 4.23. The molecule has 1 saturated carbocycles. The molecule has 4 heteroatoms. The van der Waals surface area contributed by atoms with Crippen molar-refractivity contribution in [1.82, 2.24) is 20.3 Å². The van der Waals surface area contributed by atoms with Crippen molar-refractivity contribution in [3.63, 3.8) is 0 Å². The van der Waals surface area contributed by atoms with E-state index in [-0.39, 0.29) is 5.54 Å². The summed E-state index contributed by atoms with van der Waals surface area (Å²) in [7, 11) is 0. The summed E-state index contributed by atoms with van der Waals surface area (Å²) in [5.41, 5.74) is 1.18. The predicted octanol–water partition coefficient (Wildman–Crippen LogP) is 2.28. The number of rotatable bonds is 3. The van der Waals surface area contributed by atoms with Gasteiger partial charge in [-0.25, -0.2) is 4.68 Å². The topological polar surface area (TPSA) is 42.7 Å². The number of aromatic nitrogens is 3. The highest BCUT2D eigenvalue weighted by atomic mass is 15.4. The molecule has 0 spiro atoms. The lowest BCUT2D eigenvalue weighted by molar-refractivity contribution is 0.421. The SMILES string of the molecule is CC(C)(C)NCc1cn(C2CCCC2)nn1. The number of nitrogens with one attached hydrogen (secondary N) is 1. The molecule has 4 nitrogen and oxygen atoms in total. The van der Waals surface area contributed by atoms with Crippen LogP contribution in [0.15, 0.2) is 6.20 Å². The lowest BCUT2D eigenvalue weighted by atomic mass is 10.1. The molecule has 1 fully saturated rings. The molecule has 1 aliphatic rings. The van der Waals surface area contributed by atoms with Crippen LogP contribution in [0.2, 0.25) is 0 Å². The van der Waals surface area contributed by atoms with Gasteiger partial charge in [-0.05, 0) is 33.6 Å². The van der Waals surface area contributed by atoms with E-state index >= 15 is 0 Å². The molecule has 0 aliphatic heterocycles. The average molecular weight is 222 g/mol. The van der Waals surface area contributed by atoms with Gasteiger partial charge in [-0.3, -0.25) is 0 Å². The average Bonchev–Trinajstić information content (AvgIpc) is 2.84. The van der Waals surface area contributed by atoms with Crippen molar-refractivity contribution >= 4 is 0 Å². The second-order valence-electron chi connectivity index (χ2n) is 5.73. The van der Waals surface area contributed by atoms with Gasteiger partial charge in [0.05, 0.1) is 17.9 Å². The number of hydrogen-bond acceptors (Lipinski definition) is 3. The fourth-order valence-corrected chi connectivity index (χ4v) is 2.10. The molecule has 0 saturated heterocycles. The first-order valence-electron chi connectivity index (χ1n) is 6.20. The van der Waals surface area contributed by atoms with Crippen molar-refractivity contribution in [2.24, 2.45) is 0 Å². The molecule has 2 rings (SSSR count). The first-order valence-corrected chi connectivity index (χ1v) is 6.20. The van der Waals surface area contributed by atoms with Gasteiger partial charge in [-0.2, -0.15) is 0 Å². The van der Waals surface area contributed by atoms with Gasteiger partial charge in [0.1, 0.15) is 0 Å². The van der Waals surface area contributed by atoms with Gasteiger partial charge in [-0.1, -0.05) is 18.1 Å². The molecule has 0 amide bonds. The maximum atomic E-state index is 4.23. The van der Waals surface area contributed by atoms with Crippen LogP contribution in [0.3, 0.4) is 0 Å². The van der Waals surface area contributed by atoms with Crippen LogP contribution in [-0.2, 0) is 6.54 Å². The minimum atomic E-state index is 0.136. The van der Waals surface area contributed by atoms with E-state index in [2.05, 4.69) is 42.6 Å². The normalized spacial score (nSPS) is 18.2. The minimum absolute atomic E-state index is 0.136. The molecular weight excluding hydrogens is 200 g/mol. The molecular formula is C12H22N4. The summed E-state index contributed by atoms with van der Waals surface area (Å²) in [5, 5.41) is 11.9. The van der Waals surface area contributed by atoms with Crippen LogP contribution in [0.5, 0.6) is 0 Å². The fraction of sp³-hybridized carbons (Fsp3) is 0.833. The van der Waals surface area contributed by atoms with E-state index in [1.807, 2.05) is 4.68 Å². The van der Waals surface area contributed by atoms with E-state index in [1.54, 1.807) is 0 Å². The molecule has 0 unspecified atom stereocenters. The zero-order chi connectivity index (χ0) is 11.6. The Morgan fingerprint density at radius 2 is 2.06 bits per heavy atom. The van der Waals surface area contributed by atoms with Gasteiger partial charge in [0, 0.05) is 12.1 Å². The maximum Gasteiger partial charge on any atom is 0.0965 e. The van der Waals surface area contributed by atoms with Gasteiger partial charge < -0.3 is 5.32 Å². The highest BCUT2D eigenvalue weighted by molar-refractivity contribution is 4.94. The van der Waals surface area contributed by atoms with Gasteiger partial charge in [-0.15, -0.1) is 5.10 Å². The smallest absolute Gasteiger partial charge is 0.0965 e. The number of nitrogens with zero attached hydrogens (tertiary/aromatic N) is 3. The Morgan fingerprint density at radius 1 is 1.38 bits per heavy atom. The van der Waals surface area contributed by atoms with Gasteiger partial charge >= 0.3 is 0 Å². The monoisotopic (exact) mass is 222 g/mol. The van der Waals surface area contributed by atoms with E-state index in [4.69, 9.17) is 0 Å². The second kappa shape index (κ2) is 4.53. The first-order chi connectivity index (χ1) is 7.54. The Bertz CT molecular complexity index is 331. The first kappa shape index (κ1) is 11.6. The lowest BCUT2D eigenvalue weighted by Gasteiger charge is -2.19. The van der Waals surface area contributed by atoms with Crippen LogP contribution in [0, 0.1) is 0 Å². The summed E-state index contributed by atoms with van der Waals surface area (Å²) in [6.45, 7) is 7.29. The van der Waals surface area contributed by atoms with Crippen molar-refractivity contribution in [3.8, 4) is 0 Å². The van der Waals surface area contributed by atoms with Gasteiger partial charge in [0.2, 0.25) is 0 Å². The summed E-state index contributed by atoms with van der Waals surface area (Å²) in [5.74, 6) is 0. The summed E-state index contributed by atoms with van der Waals surface area (Å²) in [6, 6.07) is 0.593. The van der Waals surface area contributed by atoms with Crippen LogP contribution < -0.4 is 5.32 Å². The van der Waals surface area contributed by atoms with E-state index in [1.165, 1.54) is 25.7 Å². The molecule has 1 aliphatic carbocycles. The highest BCUT2D eigenvalue weighted by Crippen LogP contribution is 2.28. The van der Waals surface area contributed by atoms with Crippen molar-refractivity contribution < 1.29 is 0 Å². The lowest BCUT2D eigenvalue weighted by Crippen LogP contribution is -2.35. The predicted molar refractivity (Wildman–Crippen MR) is 64.1 cm³/mol. The largest absolute Gasteiger partial charge is 0.306 e. The van der Waals surface area contributed by atoms with E-state index in [0.717, 1.165) is 12.2 Å². The van der Waals surface area contributed by atoms with Crippen molar-refractivity contribution in [1.29, 1.82) is 0 Å². The van der Waals surface area contributed by atoms with Crippen molar-refractivity contribution in [3.05, 3.63) is 11.9 Å². The van der Waals surface area contributed by atoms with Crippen LogP contribution in [0.4, 0.5) is 0 Å². The summed E-state index contributed by atoms with van der Waals surface area (Å²) in [4.78, 5) is 0. The third-order valence-corrected chi connectivity index (χ3v) is 3.06. The van der Waals surface area contributed by atoms with E-state index in [0.29, 0.717) is 6.04 Å². The van der Waals surface area contributed by atoms with E-state index in [9.17, 15) is 0 Å². The van der Waals surface area contributed by atoms with Crippen LogP contribution in [0.1, 0.15) is 58.2 Å². The molecule has 90 valence electrons. The van der Waals surface area contributed by atoms with Crippen LogP contribution in [0.25, 0.3) is 0 Å². The third kappa shape index (κ3) is 3.04. The van der Waals surface area contributed by atoms with Crippen LogP contribution >= 0.6 is 0 Å². The zero-order valence-electron chi connectivity index (χ0n) is 10.5. The fourth-order valence-electron chi connectivity index (χ4n) is 2.10. The van der Waals surface area contributed by atoms with Crippen LogP contribution in [-0.4, -0.2) is 20.5 Å². The van der Waals surface area contributed by atoms with Crippen molar-refractivity contribution in [2.75, 3.05) is 0 Å². The summed E-state index contributed by atoms with van der Waals surface area (Å²) < 4.78 is 2.05. The van der Waals surface area contributed by atoms with Gasteiger partial charge in [0.25, 0.3) is 0 Å². The Balaban J connectivity index is 1.91. The second-order valence-corrected chi connectivity index (χ2v) is 5.73. The molecule has 1 aromatic heterocycles. The Morgan fingerprint density at radius 3 is 2.69 bits per heavy atom. The third-order valence-electron chi connectivity index (χ3n) is 3.06. The Labute approximate surface area is 97.4 Å². The molecule has 1 N–H and O–H groups in total. The Kier molecular flexibility index (Phi) is 3.28. The zero-order valence-corrected chi connectivity index (χ0v) is 10.5. The Hall–Kier alpha value is -0.900.